The highest BCUT2D eigenvalue weighted by molar-refractivity contribution is 5.84. The van der Waals surface area contributed by atoms with E-state index >= 15 is 0 Å². The molecule has 0 bridgehead atoms. The molecule has 2 heterocycles. The maximum Gasteiger partial charge on any atom is 0.244 e. The van der Waals surface area contributed by atoms with E-state index in [9.17, 15) is 4.79 Å². The van der Waals surface area contributed by atoms with Crippen molar-refractivity contribution < 1.29 is 9.53 Å². The van der Waals surface area contributed by atoms with E-state index in [0.29, 0.717) is 37.9 Å². The predicted molar refractivity (Wildman–Crippen MR) is 75.1 cm³/mol. The molecule has 1 aromatic heterocycles. The van der Waals surface area contributed by atoms with Crippen molar-refractivity contribution in [1.29, 1.82) is 0 Å². The number of hydrogen-bond donors (Lipinski definition) is 3. The maximum atomic E-state index is 12.3. The minimum absolute atomic E-state index is 0.0357. The Morgan fingerprint density at radius 2 is 2.05 bits per heavy atom. The zero-order valence-electron chi connectivity index (χ0n) is 11.7. The Balaban J connectivity index is 2.03. The van der Waals surface area contributed by atoms with Gasteiger partial charge in [0.25, 0.3) is 0 Å². The van der Waals surface area contributed by atoms with Gasteiger partial charge in [-0.15, -0.1) is 0 Å². The Kier molecular flexibility index (Phi) is 4.70. The van der Waals surface area contributed by atoms with Gasteiger partial charge in [0.2, 0.25) is 5.91 Å². The molecule has 1 aliphatic heterocycles. The highest BCUT2D eigenvalue weighted by Crippen LogP contribution is 2.18. The number of hydrogen-bond acceptors (Lipinski definition) is 7. The van der Waals surface area contributed by atoms with Crippen LogP contribution in [-0.4, -0.2) is 53.1 Å². The van der Waals surface area contributed by atoms with E-state index in [-0.39, 0.29) is 11.9 Å². The van der Waals surface area contributed by atoms with Gasteiger partial charge >= 0.3 is 0 Å². The van der Waals surface area contributed by atoms with E-state index in [1.165, 1.54) is 6.33 Å². The number of ether oxygens (including phenoxy) is 1. The lowest BCUT2D eigenvalue weighted by molar-refractivity contribution is -0.135. The third kappa shape index (κ3) is 3.14. The van der Waals surface area contributed by atoms with Gasteiger partial charge < -0.3 is 20.4 Å². The molecule has 0 saturated carbocycles. The van der Waals surface area contributed by atoms with E-state index in [2.05, 4.69) is 20.7 Å². The number of nitrogens with zero attached hydrogens (tertiary/aromatic N) is 3. The number of nitrogens with one attached hydrogen (secondary N) is 2. The van der Waals surface area contributed by atoms with Crippen LogP contribution in [0.4, 0.5) is 11.6 Å². The topological polar surface area (TPSA) is 105 Å². The smallest absolute Gasteiger partial charge is 0.244 e. The van der Waals surface area contributed by atoms with Crippen LogP contribution in [0.3, 0.4) is 0 Å². The molecule has 110 valence electrons. The second kappa shape index (κ2) is 6.49. The summed E-state index contributed by atoms with van der Waals surface area (Å²) < 4.78 is 5.24. The molecular weight excluding hydrogens is 260 g/mol. The molecule has 1 unspecified atom stereocenters. The van der Waals surface area contributed by atoms with Crippen molar-refractivity contribution in [3.63, 3.8) is 0 Å². The molecule has 8 heteroatoms. The first kappa shape index (κ1) is 14.5. The second-order valence-electron chi connectivity index (χ2n) is 4.64. The summed E-state index contributed by atoms with van der Waals surface area (Å²) in [6.07, 6.45) is 1.40. The molecule has 2 rings (SSSR count). The largest absolute Gasteiger partial charge is 0.378 e. The van der Waals surface area contributed by atoms with Crippen molar-refractivity contribution in [1.82, 2.24) is 14.9 Å². The quantitative estimate of drug-likeness (QED) is 0.515. The van der Waals surface area contributed by atoms with Crippen LogP contribution in [0, 0.1) is 6.92 Å². The molecule has 0 aromatic carbocycles. The van der Waals surface area contributed by atoms with Crippen LogP contribution in [0.1, 0.15) is 12.5 Å². The SMILES string of the molecule is Cc1c(NN)ncnc1NC(C)C(=O)N1CCOCC1. The summed E-state index contributed by atoms with van der Waals surface area (Å²) in [5, 5.41) is 3.10. The molecule has 0 aliphatic carbocycles. The average molecular weight is 280 g/mol. The number of carbonyl (C=O) groups is 1. The second-order valence-corrected chi connectivity index (χ2v) is 4.64. The first-order chi connectivity index (χ1) is 9.63. The molecule has 1 fully saturated rings. The molecule has 0 radical (unpaired) electrons. The summed E-state index contributed by atoms with van der Waals surface area (Å²) in [7, 11) is 0. The van der Waals surface area contributed by atoms with Crippen molar-refractivity contribution in [3.05, 3.63) is 11.9 Å². The third-order valence-corrected chi connectivity index (χ3v) is 3.27. The van der Waals surface area contributed by atoms with Gasteiger partial charge in [-0.3, -0.25) is 4.79 Å². The first-order valence-corrected chi connectivity index (χ1v) is 6.54. The summed E-state index contributed by atoms with van der Waals surface area (Å²) in [5.74, 6) is 6.54. The van der Waals surface area contributed by atoms with E-state index in [0.717, 1.165) is 5.56 Å². The van der Waals surface area contributed by atoms with Crippen molar-refractivity contribution in [2.45, 2.75) is 19.9 Å². The Morgan fingerprint density at radius 3 is 2.70 bits per heavy atom. The Bertz CT molecular complexity index is 475. The standard InChI is InChI=1S/C12H20N6O2/c1-8-10(14-7-15-11(8)17-13)16-9(2)12(19)18-3-5-20-6-4-18/h7,9H,3-6,13H2,1-2H3,(H2,14,15,16,17). The summed E-state index contributed by atoms with van der Waals surface area (Å²) in [5.41, 5.74) is 3.27. The summed E-state index contributed by atoms with van der Waals surface area (Å²) >= 11 is 0. The monoisotopic (exact) mass is 280 g/mol. The van der Waals surface area contributed by atoms with Crippen molar-refractivity contribution >= 4 is 17.5 Å². The van der Waals surface area contributed by atoms with Gasteiger partial charge in [-0.1, -0.05) is 0 Å². The lowest BCUT2D eigenvalue weighted by atomic mass is 10.2. The van der Waals surface area contributed by atoms with Gasteiger partial charge in [-0.25, -0.2) is 15.8 Å². The van der Waals surface area contributed by atoms with Gasteiger partial charge in [-0.2, -0.15) is 0 Å². The number of amides is 1. The number of nitrogen functional groups attached to an aromatic ring is 1. The molecule has 8 nitrogen and oxygen atoms in total. The summed E-state index contributed by atoms with van der Waals surface area (Å²) in [6, 6.07) is -0.368. The van der Waals surface area contributed by atoms with Crippen molar-refractivity contribution in [3.8, 4) is 0 Å². The molecule has 1 atom stereocenters. The van der Waals surface area contributed by atoms with Gasteiger partial charge in [0.1, 0.15) is 24.0 Å². The number of hydrazine groups is 1. The summed E-state index contributed by atoms with van der Waals surface area (Å²) in [6.45, 7) is 6.09. The average Bonchev–Trinajstić information content (AvgIpc) is 2.49. The molecule has 0 spiro atoms. The zero-order chi connectivity index (χ0) is 14.5. The Labute approximate surface area is 117 Å². The first-order valence-electron chi connectivity index (χ1n) is 6.54. The molecule has 1 amide bonds. The van der Waals surface area contributed by atoms with Crippen LogP contribution in [0.25, 0.3) is 0 Å². The molecule has 1 saturated heterocycles. The fourth-order valence-corrected chi connectivity index (χ4v) is 2.07. The van der Waals surface area contributed by atoms with Gasteiger partial charge in [0, 0.05) is 18.7 Å². The number of carbonyl (C=O) groups excluding carboxylic acids is 1. The number of aromatic nitrogens is 2. The summed E-state index contributed by atoms with van der Waals surface area (Å²) in [4.78, 5) is 22.2. The van der Waals surface area contributed by atoms with E-state index < -0.39 is 0 Å². The molecule has 1 aliphatic rings. The fraction of sp³-hybridized carbons (Fsp3) is 0.583. The molecule has 4 N–H and O–H groups in total. The lowest BCUT2D eigenvalue weighted by Gasteiger charge is -2.29. The minimum atomic E-state index is -0.368. The Hall–Kier alpha value is -1.93. The van der Waals surface area contributed by atoms with E-state index in [4.69, 9.17) is 10.6 Å². The van der Waals surface area contributed by atoms with E-state index in [1.54, 1.807) is 4.90 Å². The van der Waals surface area contributed by atoms with Crippen LogP contribution in [0.15, 0.2) is 6.33 Å². The fourth-order valence-electron chi connectivity index (χ4n) is 2.07. The molecule has 20 heavy (non-hydrogen) atoms. The van der Waals surface area contributed by atoms with Gasteiger partial charge in [-0.05, 0) is 13.8 Å². The number of rotatable bonds is 4. The Morgan fingerprint density at radius 1 is 1.40 bits per heavy atom. The number of morpholine rings is 1. The molecule has 1 aromatic rings. The van der Waals surface area contributed by atoms with Gasteiger partial charge in [0.05, 0.1) is 13.2 Å². The minimum Gasteiger partial charge on any atom is -0.378 e. The number of anilines is 2. The van der Waals surface area contributed by atoms with Crippen LogP contribution < -0.4 is 16.6 Å². The number of nitrogens with two attached hydrogens (primary N) is 1. The van der Waals surface area contributed by atoms with E-state index in [1.807, 2.05) is 13.8 Å². The van der Waals surface area contributed by atoms with Crippen LogP contribution >= 0.6 is 0 Å². The predicted octanol–water partition coefficient (Wildman–Crippen LogP) is -0.270. The van der Waals surface area contributed by atoms with Crippen molar-refractivity contribution in [2.75, 3.05) is 37.0 Å². The van der Waals surface area contributed by atoms with Crippen LogP contribution in [0.5, 0.6) is 0 Å². The van der Waals surface area contributed by atoms with Crippen LogP contribution in [0.2, 0.25) is 0 Å². The normalized spacial score (nSPS) is 16.6. The lowest BCUT2D eigenvalue weighted by Crippen LogP contribution is -2.47. The highest BCUT2D eigenvalue weighted by atomic mass is 16.5. The van der Waals surface area contributed by atoms with Crippen LogP contribution in [-0.2, 0) is 9.53 Å². The highest BCUT2D eigenvalue weighted by Gasteiger charge is 2.23. The van der Waals surface area contributed by atoms with Crippen molar-refractivity contribution in [2.24, 2.45) is 5.84 Å². The third-order valence-electron chi connectivity index (χ3n) is 3.27. The maximum absolute atomic E-state index is 12.3. The zero-order valence-corrected chi connectivity index (χ0v) is 11.7. The van der Waals surface area contributed by atoms with Gasteiger partial charge in [0.15, 0.2) is 0 Å². The molecular formula is C12H20N6O2.